The number of hydrogen-bond acceptors (Lipinski definition) is 6. The second-order valence-electron chi connectivity index (χ2n) is 10.3. The predicted octanol–water partition coefficient (Wildman–Crippen LogP) is 6.16. The Balaban J connectivity index is 1.96. The van der Waals surface area contributed by atoms with E-state index in [9.17, 15) is 21.6 Å². The van der Waals surface area contributed by atoms with Gasteiger partial charge in [-0.15, -0.1) is 0 Å². The van der Waals surface area contributed by atoms with Crippen molar-refractivity contribution in [1.82, 2.24) is 4.98 Å². The minimum Gasteiger partial charge on any atom is -0.404 e. The zero-order valence-corrected chi connectivity index (χ0v) is 23.1. The van der Waals surface area contributed by atoms with Gasteiger partial charge in [0.2, 0.25) is 0 Å². The third kappa shape index (κ3) is 5.36. The van der Waals surface area contributed by atoms with Gasteiger partial charge in [0.1, 0.15) is 11.5 Å². The number of benzene rings is 2. The lowest BCUT2D eigenvalue weighted by Gasteiger charge is -2.28. The first-order chi connectivity index (χ1) is 18.2. The fraction of sp³-hybridized carbons (Fsp3) is 0.286. The van der Waals surface area contributed by atoms with Crippen LogP contribution in [0.4, 0.5) is 30.4 Å². The molecule has 2 heterocycles. The number of nitrogens with zero attached hydrogens (tertiary/aromatic N) is 3. The zero-order valence-electron chi connectivity index (χ0n) is 22.3. The lowest BCUT2D eigenvalue weighted by Crippen LogP contribution is -2.31. The number of aromatic nitrogens is 1. The van der Waals surface area contributed by atoms with Crippen LogP contribution in [0.25, 0.3) is 5.57 Å². The lowest BCUT2D eigenvalue weighted by molar-refractivity contribution is -0.141. The molecule has 0 saturated carbocycles. The Kier molecular flexibility index (Phi) is 7.24. The number of hydrogen-bond donors (Lipinski definition) is 2. The van der Waals surface area contributed by atoms with Gasteiger partial charge < -0.3 is 11.1 Å². The maximum Gasteiger partial charge on any atom is 0.433 e. The topological polar surface area (TPSA) is 101 Å². The summed E-state index contributed by atoms with van der Waals surface area (Å²) >= 11 is 0. The standard InChI is InChI=1S/C28H30F3N5O2S/c1-17-22(19(14-32)15-33-5)11-12-23-25(17)36(16-18-6-13-24(28(29,30)31)35-26(18)34-23)39(37,38)21-9-7-20(8-10-21)27(2,3)4/h6-15H,16,32H2,1-5H3,(H,34,35). The SMILES string of the molecule is CN=CC(=CN)c1ccc2c(c1C)N(S(=O)(=O)c1ccc(C(C)(C)C)cc1)Cc1ccc(C(F)(F)F)nc1N2. The molecule has 3 N–H and O–H groups in total. The molecule has 0 bridgehead atoms. The summed E-state index contributed by atoms with van der Waals surface area (Å²) in [5.74, 6) is -0.0660. The molecule has 0 fully saturated rings. The highest BCUT2D eigenvalue weighted by Crippen LogP contribution is 2.43. The Bertz CT molecular complexity index is 1570. The van der Waals surface area contributed by atoms with Crippen molar-refractivity contribution >= 4 is 39.0 Å². The molecule has 7 nitrogen and oxygen atoms in total. The largest absolute Gasteiger partial charge is 0.433 e. The first-order valence-electron chi connectivity index (χ1n) is 12.1. The normalized spacial score (nSPS) is 14.6. The molecule has 0 amide bonds. The molecule has 3 aromatic rings. The summed E-state index contributed by atoms with van der Waals surface area (Å²) < 4.78 is 69.9. The highest BCUT2D eigenvalue weighted by atomic mass is 32.2. The van der Waals surface area contributed by atoms with Crippen molar-refractivity contribution in [3.8, 4) is 0 Å². The molecule has 1 aliphatic rings. The van der Waals surface area contributed by atoms with Crippen molar-refractivity contribution in [1.29, 1.82) is 0 Å². The average Bonchev–Trinajstić information content (AvgIpc) is 3.04. The molecular weight excluding hydrogens is 527 g/mol. The van der Waals surface area contributed by atoms with Crippen molar-refractivity contribution < 1.29 is 21.6 Å². The van der Waals surface area contributed by atoms with Crippen LogP contribution in [0.1, 0.15) is 48.7 Å². The molecule has 0 spiro atoms. The maximum absolute atomic E-state index is 14.2. The molecule has 0 atom stereocenters. The number of rotatable bonds is 4. The molecule has 1 aliphatic heterocycles. The van der Waals surface area contributed by atoms with Crippen molar-refractivity contribution in [2.75, 3.05) is 16.7 Å². The van der Waals surface area contributed by atoms with E-state index in [-0.39, 0.29) is 28.4 Å². The van der Waals surface area contributed by atoms with E-state index >= 15 is 0 Å². The number of anilines is 3. The van der Waals surface area contributed by atoms with E-state index in [1.165, 1.54) is 16.6 Å². The van der Waals surface area contributed by atoms with E-state index in [0.29, 0.717) is 28.0 Å². The Labute approximate surface area is 226 Å². The molecule has 0 aliphatic carbocycles. The number of halogens is 3. The van der Waals surface area contributed by atoms with Gasteiger partial charge in [-0.2, -0.15) is 13.2 Å². The van der Waals surface area contributed by atoms with Crippen molar-refractivity contribution in [3.63, 3.8) is 0 Å². The maximum atomic E-state index is 14.2. The summed E-state index contributed by atoms with van der Waals surface area (Å²) in [6.45, 7) is 7.58. The van der Waals surface area contributed by atoms with Crippen LogP contribution in [0.2, 0.25) is 0 Å². The van der Waals surface area contributed by atoms with Crippen LogP contribution in [0.5, 0.6) is 0 Å². The number of sulfonamides is 1. The number of nitrogens with one attached hydrogen (secondary N) is 1. The fourth-order valence-corrected chi connectivity index (χ4v) is 6.00. The van der Waals surface area contributed by atoms with E-state index in [2.05, 4.69) is 15.3 Å². The van der Waals surface area contributed by atoms with Crippen LogP contribution < -0.4 is 15.4 Å². The summed E-state index contributed by atoms with van der Waals surface area (Å²) in [5.41, 5.74) is 8.14. The van der Waals surface area contributed by atoms with Gasteiger partial charge in [0.05, 0.1) is 22.8 Å². The minimum absolute atomic E-state index is 0.0549. The van der Waals surface area contributed by atoms with Gasteiger partial charge in [-0.3, -0.25) is 9.30 Å². The van der Waals surface area contributed by atoms with Crippen LogP contribution >= 0.6 is 0 Å². The second kappa shape index (κ2) is 10.0. The highest BCUT2D eigenvalue weighted by molar-refractivity contribution is 7.92. The predicted molar refractivity (Wildman–Crippen MR) is 149 cm³/mol. The Hall–Kier alpha value is -3.86. The smallest absolute Gasteiger partial charge is 0.404 e. The Morgan fingerprint density at radius 1 is 1.08 bits per heavy atom. The molecule has 11 heteroatoms. The molecule has 0 unspecified atom stereocenters. The number of alkyl halides is 3. The average molecular weight is 558 g/mol. The van der Waals surface area contributed by atoms with Gasteiger partial charge in [-0.1, -0.05) is 45.0 Å². The number of nitrogens with two attached hydrogens (primary N) is 1. The molecule has 0 radical (unpaired) electrons. The Morgan fingerprint density at radius 3 is 2.31 bits per heavy atom. The summed E-state index contributed by atoms with van der Waals surface area (Å²) in [4.78, 5) is 7.87. The fourth-order valence-electron chi connectivity index (χ4n) is 4.48. The van der Waals surface area contributed by atoms with Crippen LogP contribution in [0.3, 0.4) is 0 Å². The van der Waals surface area contributed by atoms with E-state index < -0.39 is 21.9 Å². The molecule has 1 aromatic heterocycles. The van der Waals surface area contributed by atoms with E-state index in [0.717, 1.165) is 11.6 Å². The number of aliphatic imine (C=N–C) groups is 1. The summed E-state index contributed by atoms with van der Waals surface area (Å²) in [6.07, 6.45) is -1.75. The summed E-state index contributed by atoms with van der Waals surface area (Å²) in [5, 5.41) is 2.95. The van der Waals surface area contributed by atoms with E-state index in [1.807, 2.05) is 20.8 Å². The van der Waals surface area contributed by atoms with E-state index in [1.54, 1.807) is 56.6 Å². The number of pyridine rings is 1. The summed E-state index contributed by atoms with van der Waals surface area (Å²) in [7, 11) is -2.58. The summed E-state index contributed by atoms with van der Waals surface area (Å²) in [6, 6.07) is 12.1. The minimum atomic E-state index is -4.66. The van der Waals surface area contributed by atoms with Gasteiger partial charge in [0.15, 0.2) is 0 Å². The van der Waals surface area contributed by atoms with Gasteiger partial charge in [-0.25, -0.2) is 13.4 Å². The van der Waals surface area contributed by atoms with Gasteiger partial charge in [0.25, 0.3) is 10.0 Å². The molecule has 0 saturated heterocycles. The van der Waals surface area contributed by atoms with Crippen LogP contribution in [0, 0.1) is 6.92 Å². The van der Waals surface area contributed by atoms with Crippen molar-refractivity contribution in [2.45, 2.75) is 50.7 Å². The molecule has 206 valence electrons. The highest BCUT2D eigenvalue weighted by Gasteiger charge is 2.36. The van der Waals surface area contributed by atoms with Gasteiger partial charge >= 0.3 is 6.18 Å². The molecule has 4 rings (SSSR count). The van der Waals surface area contributed by atoms with Gasteiger partial charge in [0, 0.05) is 30.6 Å². The van der Waals surface area contributed by atoms with Crippen molar-refractivity contribution in [3.05, 3.63) is 82.7 Å². The zero-order chi connectivity index (χ0) is 28.8. The van der Waals surface area contributed by atoms with Crippen LogP contribution in [-0.4, -0.2) is 26.7 Å². The van der Waals surface area contributed by atoms with Crippen LogP contribution in [-0.2, 0) is 28.2 Å². The number of allylic oxidation sites excluding steroid dienone is 1. The molecule has 2 aromatic carbocycles. The van der Waals surface area contributed by atoms with Crippen molar-refractivity contribution in [2.24, 2.45) is 10.7 Å². The third-order valence-corrected chi connectivity index (χ3v) is 8.34. The first kappa shape index (κ1) is 28.2. The Morgan fingerprint density at radius 2 is 1.74 bits per heavy atom. The van der Waals surface area contributed by atoms with Crippen LogP contribution in [0.15, 0.2) is 64.6 Å². The lowest BCUT2D eigenvalue weighted by atomic mass is 9.87. The second-order valence-corrected chi connectivity index (χ2v) is 12.1. The quantitative estimate of drug-likeness (QED) is 0.374. The third-order valence-electron chi connectivity index (χ3n) is 6.58. The monoisotopic (exact) mass is 557 g/mol. The molecular formula is C28H30F3N5O2S. The van der Waals surface area contributed by atoms with Gasteiger partial charge in [-0.05, 0) is 53.3 Å². The van der Waals surface area contributed by atoms with E-state index in [4.69, 9.17) is 5.73 Å². The molecule has 39 heavy (non-hydrogen) atoms. The number of fused-ring (bicyclic) bond motifs is 2. The first-order valence-corrected chi connectivity index (χ1v) is 13.6.